The predicted octanol–water partition coefficient (Wildman–Crippen LogP) is 0.837. The van der Waals surface area contributed by atoms with Crippen LogP contribution < -0.4 is 21.2 Å². The van der Waals surface area contributed by atoms with Gasteiger partial charge in [0.05, 0.1) is 6.54 Å². The molecule has 5 N–H and O–H groups in total. The van der Waals surface area contributed by atoms with Gasteiger partial charge in [-0.15, -0.1) is 0 Å². The molecule has 9 heteroatoms. The van der Waals surface area contributed by atoms with E-state index in [1.54, 1.807) is 5.38 Å². The van der Waals surface area contributed by atoms with Crippen LogP contribution in [0.2, 0.25) is 0 Å². The second-order valence-corrected chi connectivity index (χ2v) is 5.46. The Morgan fingerprint density at radius 1 is 1.58 bits per heavy atom. The minimum atomic E-state index is -0.300. The van der Waals surface area contributed by atoms with Crippen LogP contribution >= 0.6 is 22.7 Å². The molecule has 1 amide bonds. The highest BCUT2D eigenvalue weighted by Gasteiger charge is 2.15. The molecule has 0 unspecified atom stereocenters. The first kappa shape index (κ1) is 13.6. The maximum atomic E-state index is 11.9. The minimum absolute atomic E-state index is 0.143. The molecule has 0 atom stereocenters. The van der Waals surface area contributed by atoms with E-state index in [0.29, 0.717) is 22.2 Å². The number of hydrogen-bond donors (Lipinski definition) is 4. The summed E-state index contributed by atoms with van der Waals surface area (Å²) < 4.78 is 0. The van der Waals surface area contributed by atoms with Crippen LogP contribution in [0.3, 0.4) is 0 Å². The summed E-state index contributed by atoms with van der Waals surface area (Å²) >= 11 is 2.26. The van der Waals surface area contributed by atoms with Gasteiger partial charge in [-0.05, 0) is 6.92 Å². The highest BCUT2D eigenvalue weighted by molar-refractivity contribution is 7.18. The van der Waals surface area contributed by atoms with Gasteiger partial charge in [0.1, 0.15) is 10.7 Å². The van der Waals surface area contributed by atoms with Gasteiger partial charge in [-0.1, -0.05) is 22.7 Å². The first-order chi connectivity index (χ1) is 9.10. The number of H-pyrrole nitrogens is 1. The molecule has 0 saturated heterocycles. The molecule has 0 radical (unpaired) electrons. The summed E-state index contributed by atoms with van der Waals surface area (Å²) in [6.07, 6.45) is 0. The van der Waals surface area contributed by atoms with Crippen molar-refractivity contribution in [2.75, 3.05) is 17.6 Å². The van der Waals surface area contributed by atoms with Gasteiger partial charge in [-0.2, -0.15) is 0 Å². The van der Waals surface area contributed by atoms with Gasteiger partial charge < -0.3 is 21.4 Å². The Balaban J connectivity index is 2.01. The van der Waals surface area contributed by atoms with Crippen LogP contribution in [0.25, 0.3) is 0 Å². The molecule has 19 heavy (non-hydrogen) atoms. The van der Waals surface area contributed by atoms with Gasteiger partial charge in [0, 0.05) is 17.6 Å². The van der Waals surface area contributed by atoms with E-state index in [-0.39, 0.29) is 23.1 Å². The van der Waals surface area contributed by atoms with E-state index in [9.17, 15) is 9.59 Å². The number of anilines is 2. The van der Waals surface area contributed by atoms with E-state index in [2.05, 4.69) is 20.6 Å². The van der Waals surface area contributed by atoms with Gasteiger partial charge in [0.2, 0.25) is 0 Å². The summed E-state index contributed by atoms with van der Waals surface area (Å²) in [6, 6.07) is 0. The third-order valence-corrected chi connectivity index (χ3v) is 3.94. The standard InChI is InChI=1S/C10H13N5O2S2/c1-2-12-9-15-7(11)6(19-9)8(16)13-3-5-4-18-10(17)14-5/h4H,2-3,11H2,1H3,(H,12,15)(H,13,16)(H,14,17). The van der Waals surface area contributed by atoms with Crippen LogP contribution in [0.15, 0.2) is 10.2 Å². The molecule has 0 fully saturated rings. The van der Waals surface area contributed by atoms with E-state index < -0.39 is 0 Å². The topological polar surface area (TPSA) is 113 Å². The molecule has 0 aliphatic carbocycles. The van der Waals surface area contributed by atoms with Crippen molar-refractivity contribution in [1.29, 1.82) is 0 Å². The summed E-state index contributed by atoms with van der Waals surface area (Å²) in [5, 5.41) is 7.98. The second-order valence-electron chi connectivity index (χ2n) is 3.62. The average Bonchev–Trinajstić information content (AvgIpc) is 2.93. The van der Waals surface area contributed by atoms with Crippen LogP contribution in [0, 0.1) is 0 Å². The Labute approximate surface area is 116 Å². The first-order valence-corrected chi connectivity index (χ1v) is 7.24. The number of nitrogens with zero attached hydrogens (tertiary/aromatic N) is 1. The SMILES string of the molecule is CCNc1nc(N)c(C(=O)NCc2csc(=O)[nH]2)s1. The molecular formula is C10H13N5O2S2. The highest BCUT2D eigenvalue weighted by Crippen LogP contribution is 2.24. The lowest BCUT2D eigenvalue weighted by Crippen LogP contribution is -2.23. The van der Waals surface area contributed by atoms with Crippen LogP contribution in [0.5, 0.6) is 0 Å². The Morgan fingerprint density at radius 3 is 3.00 bits per heavy atom. The summed E-state index contributed by atoms with van der Waals surface area (Å²) in [5.41, 5.74) is 6.35. The molecule has 2 aromatic heterocycles. The maximum Gasteiger partial charge on any atom is 0.304 e. The maximum absolute atomic E-state index is 11.9. The lowest BCUT2D eigenvalue weighted by molar-refractivity contribution is 0.0955. The summed E-state index contributed by atoms with van der Waals surface area (Å²) in [5.74, 6) is -0.0940. The van der Waals surface area contributed by atoms with Crippen molar-refractivity contribution in [3.8, 4) is 0 Å². The number of rotatable bonds is 5. The van der Waals surface area contributed by atoms with Crippen molar-refractivity contribution >= 4 is 39.5 Å². The van der Waals surface area contributed by atoms with Crippen molar-refractivity contribution < 1.29 is 4.79 Å². The normalized spacial score (nSPS) is 10.4. The number of aromatic nitrogens is 2. The monoisotopic (exact) mass is 299 g/mol. The number of nitrogens with two attached hydrogens (primary N) is 1. The molecular weight excluding hydrogens is 286 g/mol. The number of nitrogens with one attached hydrogen (secondary N) is 3. The number of hydrogen-bond acceptors (Lipinski definition) is 7. The number of thiazole rings is 2. The van der Waals surface area contributed by atoms with Crippen molar-refractivity contribution in [2.24, 2.45) is 0 Å². The minimum Gasteiger partial charge on any atom is -0.382 e. The van der Waals surface area contributed by atoms with E-state index >= 15 is 0 Å². The molecule has 0 aliphatic rings. The smallest absolute Gasteiger partial charge is 0.304 e. The van der Waals surface area contributed by atoms with Crippen molar-refractivity contribution in [1.82, 2.24) is 15.3 Å². The van der Waals surface area contributed by atoms with Gasteiger partial charge in [-0.3, -0.25) is 9.59 Å². The highest BCUT2D eigenvalue weighted by atomic mass is 32.1. The van der Waals surface area contributed by atoms with Gasteiger partial charge >= 0.3 is 4.87 Å². The molecule has 2 rings (SSSR count). The first-order valence-electron chi connectivity index (χ1n) is 5.55. The quantitative estimate of drug-likeness (QED) is 0.653. The van der Waals surface area contributed by atoms with Gasteiger partial charge in [0.25, 0.3) is 5.91 Å². The summed E-state index contributed by atoms with van der Waals surface area (Å²) in [6.45, 7) is 2.90. The van der Waals surface area contributed by atoms with E-state index in [1.165, 1.54) is 11.3 Å². The average molecular weight is 299 g/mol. The molecule has 2 heterocycles. The third kappa shape index (κ3) is 3.32. The second kappa shape index (κ2) is 5.85. The molecule has 0 bridgehead atoms. The number of nitrogen functional groups attached to an aromatic ring is 1. The molecule has 0 aromatic carbocycles. The van der Waals surface area contributed by atoms with Crippen molar-refractivity contribution in [2.45, 2.75) is 13.5 Å². The van der Waals surface area contributed by atoms with Crippen LogP contribution in [-0.4, -0.2) is 22.4 Å². The number of aromatic amines is 1. The molecule has 102 valence electrons. The molecule has 0 aliphatic heterocycles. The van der Waals surface area contributed by atoms with Crippen LogP contribution in [0.1, 0.15) is 22.3 Å². The number of carbonyl (C=O) groups excluding carboxylic acids is 1. The fraction of sp³-hybridized carbons (Fsp3) is 0.300. The van der Waals surface area contributed by atoms with E-state index in [0.717, 1.165) is 11.3 Å². The van der Waals surface area contributed by atoms with E-state index in [1.807, 2.05) is 6.92 Å². The number of carbonyl (C=O) groups is 1. The summed E-state index contributed by atoms with van der Waals surface area (Å²) in [7, 11) is 0. The molecule has 0 saturated carbocycles. The van der Waals surface area contributed by atoms with E-state index in [4.69, 9.17) is 5.73 Å². The predicted molar refractivity (Wildman–Crippen MR) is 76.8 cm³/mol. The van der Waals surface area contributed by atoms with Crippen molar-refractivity contribution in [3.63, 3.8) is 0 Å². The molecule has 0 spiro atoms. The zero-order valence-electron chi connectivity index (χ0n) is 10.1. The fourth-order valence-corrected chi connectivity index (χ4v) is 2.83. The Hall–Kier alpha value is -1.87. The third-order valence-electron chi connectivity index (χ3n) is 2.20. The zero-order chi connectivity index (χ0) is 13.8. The Kier molecular flexibility index (Phi) is 4.17. The Bertz CT molecular complexity index is 630. The fourth-order valence-electron chi connectivity index (χ4n) is 1.38. The van der Waals surface area contributed by atoms with Crippen LogP contribution in [0.4, 0.5) is 10.9 Å². The number of amides is 1. The largest absolute Gasteiger partial charge is 0.382 e. The lowest BCUT2D eigenvalue weighted by Gasteiger charge is -2.01. The Morgan fingerprint density at radius 2 is 2.37 bits per heavy atom. The summed E-state index contributed by atoms with van der Waals surface area (Å²) in [4.78, 5) is 29.8. The van der Waals surface area contributed by atoms with Crippen molar-refractivity contribution in [3.05, 3.63) is 25.6 Å². The van der Waals surface area contributed by atoms with Gasteiger partial charge in [0.15, 0.2) is 5.13 Å². The van der Waals surface area contributed by atoms with Crippen LogP contribution in [-0.2, 0) is 6.54 Å². The zero-order valence-corrected chi connectivity index (χ0v) is 11.8. The lowest BCUT2D eigenvalue weighted by atomic mass is 10.4. The molecule has 7 nitrogen and oxygen atoms in total. The van der Waals surface area contributed by atoms with Gasteiger partial charge in [-0.25, -0.2) is 4.98 Å². The molecule has 2 aromatic rings.